The second-order valence-corrected chi connectivity index (χ2v) is 16.3. The molecule has 2 amide bonds. The zero-order valence-corrected chi connectivity index (χ0v) is 34.6. The summed E-state index contributed by atoms with van der Waals surface area (Å²) in [5, 5.41) is 5.75. The van der Waals surface area contributed by atoms with Crippen LogP contribution >= 0.6 is 23.2 Å². The summed E-state index contributed by atoms with van der Waals surface area (Å²) in [7, 11) is 3.60. The summed E-state index contributed by atoms with van der Waals surface area (Å²) < 4.78 is 0. The van der Waals surface area contributed by atoms with Crippen LogP contribution < -0.4 is 5.32 Å². The number of aliphatic imine (C=N–C) groups is 1. The number of hydrogen-bond acceptors (Lipinski definition) is 4. The van der Waals surface area contributed by atoms with E-state index in [1.54, 1.807) is 30.1 Å². The summed E-state index contributed by atoms with van der Waals surface area (Å²) in [6, 6.07) is 29.3. The van der Waals surface area contributed by atoms with Gasteiger partial charge in [-0.25, -0.2) is 0 Å². The normalized spacial score (nSPS) is 13.9. The molecule has 0 saturated carbocycles. The highest BCUT2D eigenvalue weighted by Gasteiger charge is 2.27. The van der Waals surface area contributed by atoms with E-state index in [1.165, 1.54) is 5.56 Å². The van der Waals surface area contributed by atoms with Gasteiger partial charge < -0.3 is 25.0 Å². The minimum absolute atomic E-state index is 0.00435. The number of benzene rings is 4. The Bertz CT molecular complexity index is 2170. The molecule has 11 heteroatoms. The van der Waals surface area contributed by atoms with Gasteiger partial charge in [0.1, 0.15) is 0 Å². The lowest BCUT2D eigenvalue weighted by Crippen LogP contribution is -2.52. The van der Waals surface area contributed by atoms with Gasteiger partial charge in [-0.05, 0) is 71.3 Å². The van der Waals surface area contributed by atoms with Crippen LogP contribution in [0, 0.1) is 0 Å². The number of H-pyrrole nitrogens is 1. The number of hydrogen-bond donors (Lipinski definition) is 2. The molecule has 1 fully saturated rings. The van der Waals surface area contributed by atoms with Crippen molar-refractivity contribution in [3.05, 3.63) is 135 Å². The number of para-hydroxylation sites is 2. The molecule has 2 N–H and O–H groups in total. The predicted octanol–water partition coefficient (Wildman–Crippen LogP) is 8.49. The number of aromatic nitrogens is 1. The van der Waals surface area contributed by atoms with Gasteiger partial charge in [-0.15, -0.1) is 0 Å². The van der Waals surface area contributed by atoms with Crippen LogP contribution in [-0.4, -0.2) is 109 Å². The fourth-order valence-corrected chi connectivity index (χ4v) is 7.64. The van der Waals surface area contributed by atoms with Crippen molar-refractivity contribution in [3.63, 3.8) is 0 Å². The van der Waals surface area contributed by atoms with E-state index in [-0.39, 0.29) is 17.2 Å². The molecule has 0 bridgehead atoms. The average molecular weight is 795 g/mol. The van der Waals surface area contributed by atoms with Crippen molar-refractivity contribution in [1.82, 2.24) is 24.6 Å². The third-order valence-electron chi connectivity index (χ3n) is 10.6. The van der Waals surface area contributed by atoms with E-state index in [2.05, 4.69) is 82.3 Å². The van der Waals surface area contributed by atoms with Gasteiger partial charge in [-0.3, -0.25) is 19.5 Å². The van der Waals surface area contributed by atoms with E-state index in [0.717, 1.165) is 59.9 Å². The number of fused-ring (bicyclic) bond motifs is 1. The van der Waals surface area contributed by atoms with Crippen LogP contribution in [0.2, 0.25) is 10.0 Å². The quantitative estimate of drug-likeness (QED) is 0.0978. The number of carbonyl (C=O) groups is 2. The maximum absolute atomic E-state index is 14.6. The topological polar surface area (TPSA) is 87.3 Å². The number of rotatable bonds is 12. The predicted molar refractivity (Wildman–Crippen MR) is 232 cm³/mol. The molecular weight excluding hydrogens is 741 g/mol. The number of halogens is 2. The van der Waals surface area contributed by atoms with E-state index in [9.17, 15) is 9.59 Å². The first-order valence-electron chi connectivity index (χ1n) is 19.4. The van der Waals surface area contributed by atoms with E-state index in [0.29, 0.717) is 60.2 Å². The fraction of sp³-hybridized carbons (Fsp3) is 0.356. The molecule has 6 rings (SSSR count). The number of nitrogens with zero attached hydrogens (tertiary/aromatic N) is 5. The van der Waals surface area contributed by atoms with Gasteiger partial charge in [0.15, 0.2) is 5.96 Å². The summed E-state index contributed by atoms with van der Waals surface area (Å²) >= 11 is 12.3. The molecule has 2 heterocycles. The van der Waals surface area contributed by atoms with Gasteiger partial charge in [-0.1, -0.05) is 98.6 Å². The first-order valence-corrected chi connectivity index (χ1v) is 20.1. The Hall–Kier alpha value is -4.83. The smallest absolute Gasteiger partial charge is 0.254 e. The second kappa shape index (κ2) is 18.4. The molecule has 0 aliphatic carbocycles. The van der Waals surface area contributed by atoms with Gasteiger partial charge >= 0.3 is 0 Å². The van der Waals surface area contributed by atoms with Crippen molar-refractivity contribution in [2.45, 2.75) is 39.0 Å². The summed E-state index contributed by atoms with van der Waals surface area (Å²) in [4.78, 5) is 44.8. The zero-order valence-electron chi connectivity index (χ0n) is 33.1. The molecule has 1 aromatic heterocycles. The van der Waals surface area contributed by atoms with Crippen molar-refractivity contribution in [2.75, 3.05) is 71.8 Å². The standard InChI is InChI=1S/C45H53Cl2N7O2/c1-45(2,3)37-15-9-11-17-41(37)50-44(48-4)54-28-25-52(26-29-54)24-27-53(23-21-33-31-49-40-16-10-8-12-34(33)40)43(56)36-14-7-6-13-35(36)42(55)51(5)22-20-32-18-19-38(46)39(47)30-32/h6-19,30-31,49H,20-29H2,1-5H3,(H,48,50). The van der Waals surface area contributed by atoms with Crippen molar-refractivity contribution in [2.24, 2.45) is 4.99 Å². The fourth-order valence-electron chi connectivity index (χ4n) is 7.32. The zero-order chi connectivity index (χ0) is 39.8. The minimum atomic E-state index is -0.200. The molecule has 0 atom stereocenters. The van der Waals surface area contributed by atoms with E-state index >= 15 is 0 Å². The first kappa shape index (κ1) is 40.8. The molecule has 5 aromatic rings. The van der Waals surface area contributed by atoms with Gasteiger partial charge in [0.2, 0.25) is 0 Å². The first-order chi connectivity index (χ1) is 26.9. The van der Waals surface area contributed by atoms with Crippen molar-refractivity contribution >= 4 is 57.6 Å². The van der Waals surface area contributed by atoms with E-state index in [4.69, 9.17) is 23.2 Å². The molecule has 4 aromatic carbocycles. The maximum Gasteiger partial charge on any atom is 0.254 e. The van der Waals surface area contributed by atoms with E-state index in [1.807, 2.05) is 54.5 Å². The maximum atomic E-state index is 14.6. The highest BCUT2D eigenvalue weighted by Crippen LogP contribution is 2.30. The van der Waals surface area contributed by atoms with Crippen molar-refractivity contribution < 1.29 is 9.59 Å². The Labute approximate surface area is 341 Å². The average Bonchev–Trinajstić information content (AvgIpc) is 3.62. The van der Waals surface area contributed by atoms with Crippen molar-refractivity contribution in [1.29, 1.82) is 0 Å². The Morgan fingerprint density at radius 1 is 0.804 bits per heavy atom. The molecule has 0 radical (unpaired) electrons. The largest absolute Gasteiger partial charge is 0.361 e. The number of carbonyl (C=O) groups excluding carboxylic acids is 2. The van der Waals surface area contributed by atoms with Crippen LogP contribution in [-0.2, 0) is 18.3 Å². The Kier molecular flexibility index (Phi) is 13.4. The molecule has 1 aliphatic heterocycles. The van der Waals surface area contributed by atoms with Crippen LogP contribution in [0.15, 0.2) is 102 Å². The van der Waals surface area contributed by atoms with E-state index < -0.39 is 0 Å². The van der Waals surface area contributed by atoms with Gasteiger partial charge in [0.25, 0.3) is 11.8 Å². The Morgan fingerprint density at radius 3 is 2.20 bits per heavy atom. The number of piperazine rings is 1. The monoisotopic (exact) mass is 793 g/mol. The third kappa shape index (κ3) is 9.93. The lowest BCUT2D eigenvalue weighted by molar-refractivity contribution is 0.0708. The summed E-state index contributed by atoms with van der Waals surface area (Å²) in [6.07, 6.45) is 3.32. The van der Waals surface area contributed by atoms with Crippen LogP contribution in [0.3, 0.4) is 0 Å². The minimum Gasteiger partial charge on any atom is -0.361 e. The van der Waals surface area contributed by atoms with Gasteiger partial charge in [-0.2, -0.15) is 0 Å². The number of anilines is 1. The Morgan fingerprint density at radius 2 is 1.48 bits per heavy atom. The molecular formula is C45H53Cl2N7O2. The molecule has 9 nitrogen and oxygen atoms in total. The molecule has 1 saturated heterocycles. The Balaban J connectivity index is 1.14. The van der Waals surface area contributed by atoms with Crippen LogP contribution in [0.1, 0.15) is 58.2 Å². The highest BCUT2D eigenvalue weighted by molar-refractivity contribution is 6.42. The number of nitrogens with one attached hydrogen (secondary N) is 2. The number of likely N-dealkylation sites (N-methyl/N-ethyl adjacent to an activating group) is 1. The highest BCUT2D eigenvalue weighted by atomic mass is 35.5. The summed E-state index contributed by atoms with van der Waals surface area (Å²) in [5.74, 6) is 0.515. The van der Waals surface area contributed by atoms with Crippen LogP contribution in [0.5, 0.6) is 0 Å². The summed E-state index contributed by atoms with van der Waals surface area (Å²) in [6.45, 7) is 12.2. The number of guanidine groups is 1. The molecule has 294 valence electrons. The molecule has 56 heavy (non-hydrogen) atoms. The van der Waals surface area contributed by atoms with Crippen LogP contribution in [0.4, 0.5) is 5.69 Å². The summed E-state index contributed by atoms with van der Waals surface area (Å²) in [5.41, 5.74) is 6.33. The SMILES string of the molecule is CN=C(Nc1ccccc1C(C)(C)C)N1CCN(CCN(CCc2c[nH]c3ccccc23)C(=O)c2ccccc2C(=O)N(C)CCc2ccc(Cl)c(Cl)c2)CC1. The second-order valence-electron chi connectivity index (χ2n) is 15.5. The third-order valence-corrected chi connectivity index (χ3v) is 11.4. The molecule has 0 unspecified atom stereocenters. The van der Waals surface area contributed by atoms with Gasteiger partial charge in [0, 0.05) is 89.2 Å². The van der Waals surface area contributed by atoms with Crippen molar-refractivity contribution in [3.8, 4) is 0 Å². The molecule has 1 aliphatic rings. The number of aromatic amines is 1. The lowest BCUT2D eigenvalue weighted by atomic mass is 9.86. The van der Waals surface area contributed by atoms with Crippen LogP contribution in [0.25, 0.3) is 10.9 Å². The van der Waals surface area contributed by atoms with Gasteiger partial charge in [0.05, 0.1) is 21.2 Å². The number of amides is 2. The lowest BCUT2D eigenvalue weighted by Gasteiger charge is -2.37. The molecule has 0 spiro atoms.